The van der Waals surface area contributed by atoms with Crippen LogP contribution >= 0.6 is 0 Å². The van der Waals surface area contributed by atoms with E-state index in [2.05, 4.69) is 0 Å². The van der Waals surface area contributed by atoms with Gasteiger partial charge in [0.1, 0.15) is 5.75 Å². The number of nitro groups is 1. The Morgan fingerprint density at radius 1 is 1.30 bits per heavy atom. The lowest BCUT2D eigenvalue weighted by atomic mass is 10.1. The van der Waals surface area contributed by atoms with Crippen LogP contribution < -0.4 is 4.74 Å². The molecule has 6 heteroatoms. The van der Waals surface area contributed by atoms with Gasteiger partial charge in [0.2, 0.25) is 0 Å². The van der Waals surface area contributed by atoms with Crippen LogP contribution in [0.4, 0.5) is 10.1 Å². The monoisotopic (exact) mass is 277 g/mol. The van der Waals surface area contributed by atoms with Gasteiger partial charge in [0.15, 0.2) is 11.6 Å². The Balaban J connectivity index is 2.39. The fraction of sp³-hybridized carbons (Fsp3) is 0.143. The summed E-state index contributed by atoms with van der Waals surface area (Å²) in [4.78, 5) is 10.1. The summed E-state index contributed by atoms with van der Waals surface area (Å²) in [7, 11) is 0. The molecule has 0 aliphatic carbocycles. The maximum absolute atomic E-state index is 13.8. The van der Waals surface area contributed by atoms with Crippen molar-refractivity contribution in [3.8, 4) is 11.5 Å². The van der Waals surface area contributed by atoms with Crippen LogP contribution in [0.1, 0.15) is 18.6 Å². The number of nitrogens with zero attached hydrogens (tertiary/aromatic N) is 1. The van der Waals surface area contributed by atoms with Crippen LogP contribution in [-0.2, 0) is 0 Å². The largest absolute Gasteiger partial charge is 0.454 e. The highest BCUT2D eigenvalue weighted by Gasteiger charge is 2.16. The van der Waals surface area contributed by atoms with E-state index < -0.39 is 16.8 Å². The maximum atomic E-state index is 13.8. The Morgan fingerprint density at radius 3 is 2.65 bits per heavy atom. The molecule has 0 fully saturated rings. The van der Waals surface area contributed by atoms with E-state index in [4.69, 9.17) is 4.74 Å². The first-order valence-electron chi connectivity index (χ1n) is 5.88. The molecular formula is C14H12FNO4. The smallest absolute Gasteiger partial charge is 0.273 e. The number of benzene rings is 2. The number of hydrogen-bond donors (Lipinski definition) is 1. The molecule has 1 unspecified atom stereocenters. The number of rotatable bonds is 4. The van der Waals surface area contributed by atoms with E-state index >= 15 is 0 Å². The highest BCUT2D eigenvalue weighted by Crippen LogP contribution is 2.33. The molecule has 0 saturated carbocycles. The van der Waals surface area contributed by atoms with E-state index in [0.717, 1.165) is 0 Å². The highest BCUT2D eigenvalue weighted by molar-refractivity contribution is 5.43. The third-order valence-electron chi connectivity index (χ3n) is 2.70. The van der Waals surface area contributed by atoms with Crippen molar-refractivity contribution in [2.24, 2.45) is 0 Å². The number of aliphatic hydroxyl groups excluding tert-OH is 1. The van der Waals surface area contributed by atoms with Gasteiger partial charge in [0.05, 0.1) is 17.1 Å². The molecule has 0 aliphatic rings. The molecular weight excluding hydrogens is 265 g/mol. The van der Waals surface area contributed by atoms with Crippen LogP contribution in [0.3, 0.4) is 0 Å². The van der Waals surface area contributed by atoms with E-state index in [1.54, 1.807) is 0 Å². The molecule has 2 rings (SSSR count). The third-order valence-corrected chi connectivity index (χ3v) is 2.70. The van der Waals surface area contributed by atoms with Gasteiger partial charge in [-0.2, -0.15) is 0 Å². The number of non-ortho nitro benzene ring substituents is 1. The van der Waals surface area contributed by atoms with Crippen LogP contribution in [0, 0.1) is 15.9 Å². The lowest BCUT2D eigenvalue weighted by Crippen LogP contribution is -1.99. The molecule has 2 aromatic rings. The zero-order chi connectivity index (χ0) is 14.7. The number of hydrogen-bond acceptors (Lipinski definition) is 4. The summed E-state index contributed by atoms with van der Waals surface area (Å²) in [5.41, 5.74) is 0.119. The van der Waals surface area contributed by atoms with Crippen LogP contribution in [0.15, 0.2) is 42.5 Å². The van der Waals surface area contributed by atoms with Gasteiger partial charge in [-0.15, -0.1) is 0 Å². The number of halogens is 1. The number of ether oxygens (including phenoxy) is 1. The molecule has 2 aromatic carbocycles. The van der Waals surface area contributed by atoms with E-state index in [-0.39, 0.29) is 22.7 Å². The van der Waals surface area contributed by atoms with Gasteiger partial charge < -0.3 is 9.84 Å². The van der Waals surface area contributed by atoms with Crippen molar-refractivity contribution in [2.75, 3.05) is 0 Å². The number of nitro benzene ring substituents is 1. The first-order valence-corrected chi connectivity index (χ1v) is 5.88. The topological polar surface area (TPSA) is 72.6 Å². The standard InChI is InChI=1S/C14H12FNO4/c1-9(17)12-6-3-7-13(15)14(12)20-11-5-2-4-10(8-11)16(18)19/h2-9,17H,1H3. The van der Waals surface area contributed by atoms with Crippen molar-refractivity contribution in [3.05, 3.63) is 64.0 Å². The molecule has 1 N–H and O–H groups in total. The van der Waals surface area contributed by atoms with E-state index in [1.807, 2.05) is 0 Å². The van der Waals surface area contributed by atoms with E-state index in [9.17, 15) is 19.6 Å². The van der Waals surface area contributed by atoms with Crippen molar-refractivity contribution in [3.63, 3.8) is 0 Å². The molecule has 1 atom stereocenters. The summed E-state index contributed by atoms with van der Waals surface area (Å²) in [6.07, 6.45) is -0.917. The average molecular weight is 277 g/mol. The third kappa shape index (κ3) is 2.92. The summed E-state index contributed by atoms with van der Waals surface area (Å²) in [6, 6.07) is 9.60. The number of aliphatic hydroxyl groups is 1. The summed E-state index contributed by atoms with van der Waals surface area (Å²) in [6.45, 7) is 1.48. The normalized spacial score (nSPS) is 11.9. The van der Waals surface area contributed by atoms with E-state index in [0.29, 0.717) is 0 Å². The molecule has 0 radical (unpaired) electrons. The Kier molecular flexibility index (Phi) is 3.95. The first-order chi connectivity index (χ1) is 9.49. The molecule has 0 saturated heterocycles. The van der Waals surface area contributed by atoms with Gasteiger partial charge in [-0.1, -0.05) is 18.2 Å². The summed E-state index contributed by atoms with van der Waals surface area (Å²) < 4.78 is 19.1. The van der Waals surface area contributed by atoms with Gasteiger partial charge in [0.25, 0.3) is 5.69 Å². The Hall–Kier alpha value is -2.47. The average Bonchev–Trinajstić information content (AvgIpc) is 2.41. The Morgan fingerprint density at radius 2 is 2.00 bits per heavy atom. The SMILES string of the molecule is CC(O)c1cccc(F)c1Oc1cccc([N+](=O)[O-])c1. The van der Waals surface area contributed by atoms with Crippen LogP contribution in [-0.4, -0.2) is 10.0 Å². The summed E-state index contributed by atoms with van der Waals surface area (Å²) >= 11 is 0. The highest BCUT2D eigenvalue weighted by atomic mass is 19.1. The van der Waals surface area contributed by atoms with Gasteiger partial charge in [-0.05, 0) is 19.1 Å². The first kappa shape index (κ1) is 14.0. The quantitative estimate of drug-likeness (QED) is 0.684. The second-order valence-electron chi connectivity index (χ2n) is 4.19. The van der Waals surface area contributed by atoms with Gasteiger partial charge >= 0.3 is 0 Å². The molecule has 0 aliphatic heterocycles. The second kappa shape index (κ2) is 5.66. The Bertz CT molecular complexity index is 643. The molecule has 20 heavy (non-hydrogen) atoms. The molecule has 0 spiro atoms. The predicted octanol–water partition coefficient (Wildman–Crippen LogP) is 3.58. The van der Waals surface area contributed by atoms with Crippen molar-refractivity contribution in [1.29, 1.82) is 0 Å². The van der Waals surface area contributed by atoms with Crippen LogP contribution in [0.2, 0.25) is 0 Å². The minimum Gasteiger partial charge on any atom is -0.454 e. The Labute approximate surface area is 114 Å². The van der Waals surface area contributed by atoms with Gasteiger partial charge in [-0.3, -0.25) is 10.1 Å². The summed E-state index contributed by atoms with van der Waals surface area (Å²) in [5.74, 6) is -0.649. The summed E-state index contributed by atoms with van der Waals surface area (Å²) in [5, 5.41) is 20.3. The molecule has 0 aromatic heterocycles. The molecule has 0 heterocycles. The minimum atomic E-state index is -0.917. The van der Waals surface area contributed by atoms with Crippen molar-refractivity contribution in [1.82, 2.24) is 0 Å². The molecule has 0 bridgehead atoms. The zero-order valence-corrected chi connectivity index (χ0v) is 10.6. The molecule has 104 valence electrons. The zero-order valence-electron chi connectivity index (χ0n) is 10.6. The van der Waals surface area contributed by atoms with E-state index in [1.165, 1.54) is 49.4 Å². The minimum absolute atomic E-state index is 0.131. The van der Waals surface area contributed by atoms with Crippen molar-refractivity contribution in [2.45, 2.75) is 13.0 Å². The van der Waals surface area contributed by atoms with Crippen molar-refractivity contribution >= 4 is 5.69 Å². The molecule has 0 amide bonds. The maximum Gasteiger partial charge on any atom is 0.273 e. The lowest BCUT2D eigenvalue weighted by molar-refractivity contribution is -0.384. The van der Waals surface area contributed by atoms with Gasteiger partial charge in [0, 0.05) is 11.6 Å². The lowest BCUT2D eigenvalue weighted by Gasteiger charge is -2.13. The number of para-hydroxylation sites is 1. The molecule has 5 nitrogen and oxygen atoms in total. The fourth-order valence-electron chi connectivity index (χ4n) is 1.74. The second-order valence-corrected chi connectivity index (χ2v) is 4.19. The van der Waals surface area contributed by atoms with Gasteiger partial charge in [-0.25, -0.2) is 4.39 Å². The van der Waals surface area contributed by atoms with Crippen molar-refractivity contribution < 1.29 is 19.2 Å². The van der Waals surface area contributed by atoms with Crippen LogP contribution in [0.5, 0.6) is 11.5 Å². The predicted molar refractivity (Wildman–Crippen MR) is 70.2 cm³/mol. The van der Waals surface area contributed by atoms with Crippen LogP contribution in [0.25, 0.3) is 0 Å². The fourth-order valence-corrected chi connectivity index (χ4v) is 1.74.